The molecular formula is C9H12N4S. The number of aromatic nitrogens is 4. The van der Waals surface area contributed by atoms with Crippen molar-refractivity contribution in [3.05, 3.63) is 23.3 Å². The van der Waals surface area contributed by atoms with E-state index in [2.05, 4.69) is 14.5 Å². The fourth-order valence-electron chi connectivity index (χ4n) is 1.30. The Morgan fingerprint density at radius 2 is 2.21 bits per heavy atom. The summed E-state index contributed by atoms with van der Waals surface area (Å²) in [6.07, 6.45) is 0.871. The Morgan fingerprint density at radius 1 is 1.43 bits per heavy atom. The van der Waals surface area contributed by atoms with Crippen LogP contribution in [0.25, 0.3) is 5.13 Å². The Bertz CT molecular complexity index is 443. The lowest BCUT2D eigenvalue weighted by molar-refractivity contribution is 0.816. The van der Waals surface area contributed by atoms with Crippen molar-refractivity contribution >= 4 is 11.5 Å². The SMILES string of the molecule is CCc1nsc(-n2nc(C)cc2C)n1. The minimum absolute atomic E-state index is 0.854. The van der Waals surface area contributed by atoms with E-state index in [1.807, 2.05) is 31.5 Å². The number of aryl methyl sites for hydroxylation is 3. The highest BCUT2D eigenvalue weighted by Crippen LogP contribution is 2.14. The van der Waals surface area contributed by atoms with Crippen molar-refractivity contribution in [2.75, 3.05) is 0 Å². The molecule has 0 saturated carbocycles. The first-order valence-electron chi connectivity index (χ1n) is 4.57. The lowest BCUT2D eigenvalue weighted by atomic mass is 10.4. The van der Waals surface area contributed by atoms with Gasteiger partial charge in [-0.05, 0) is 19.9 Å². The molecule has 0 aliphatic heterocycles. The van der Waals surface area contributed by atoms with Crippen molar-refractivity contribution in [1.29, 1.82) is 0 Å². The summed E-state index contributed by atoms with van der Waals surface area (Å²) >= 11 is 1.39. The minimum atomic E-state index is 0.854. The molecule has 0 amide bonds. The summed E-state index contributed by atoms with van der Waals surface area (Å²) in [5.74, 6) is 0.887. The molecule has 0 bridgehead atoms. The van der Waals surface area contributed by atoms with Gasteiger partial charge in [0.05, 0.1) is 5.69 Å². The maximum absolute atomic E-state index is 4.38. The van der Waals surface area contributed by atoms with Crippen molar-refractivity contribution in [2.45, 2.75) is 27.2 Å². The Labute approximate surface area is 86.8 Å². The van der Waals surface area contributed by atoms with Gasteiger partial charge in [-0.25, -0.2) is 9.67 Å². The second-order valence-electron chi connectivity index (χ2n) is 3.19. The van der Waals surface area contributed by atoms with Crippen LogP contribution in [0.5, 0.6) is 0 Å². The van der Waals surface area contributed by atoms with Crippen molar-refractivity contribution in [3.8, 4) is 5.13 Å². The average molecular weight is 208 g/mol. The van der Waals surface area contributed by atoms with Crippen molar-refractivity contribution in [1.82, 2.24) is 19.1 Å². The first-order chi connectivity index (χ1) is 6.70. The predicted molar refractivity (Wildman–Crippen MR) is 55.9 cm³/mol. The first-order valence-corrected chi connectivity index (χ1v) is 5.34. The third kappa shape index (κ3) is 1.55. The summed E-state index contributed by atoms with van der Waals surface area (Å²) < 4.78 is 6.07. The number of nitrogens with zero attached hydrogens (tertiary/aromatic N) is 4. The summed E-state index contributed by atoms with van der Waals surface area (Å²) in [5, 5.41) is 5.21. The molecule has 4 nitrogen and oxygen atoms in total. The van der Waals surface area contributed by atoms with Gasteiger partial charge in [-0.1, -0.05) is 6.92 Å². The van der Waals surface area contributed by atoms with E-state index in [4.69, 9.17) is 0 Å². The molecule has 0 aliphatic carbocycles. The van der Waals surface area contributed by atoms with Crippen molar-refractivity contribution in [2.24, 2.45) is 0 Å². The van der Waals surface area contributed by atoms with Crippen LogP contribution in [0.2, 0.25) is 0 Å². The highest BCUT2D eigenvalue weighted by molar-refractivity contribution is 7.08. The third-order valence-electron chi connectivity index (χ3n) is 1.96. The van der Waals surface area contributed by atoms with E-state index in [9.17, 15) is 0 Å². The molecule has 0 aromatic carbocycles. The zero-order valence-corrected chi connectivity index (χ0v) is 9.30. The van der Waals surface area contributed by atoms with Gasteiger partial charge in [-0.2, -0.15) is 9.47 Å². The largest absolute Gasteiger partial charge is 0.230 e. The molecule has 2 rings (SSSR count). The fourth-order valence-corrected chi connectivity index (χ4v) is 2.06. The van der Waals surface area contributed by atoms with Gasteiger partial charge in [0.1, 0.15) is 5.82 Å². The molecule has 74 valence electrons. The summed E-state index contributed by atoms with van der Waals surface area (Å²) in [6.45, 7) is 6.05. The van der Waals surface area contributed by atoms with Crippen molar-refractivity contribution in [3.63, 3.8) is 0 Å². The molecular weight excluding hydrogens is 196 g/mol. The molecule has 5 heteroatoms. The zero-order valence-electron chi connectivity index (χ0n) is 8.48. The van der Waals surface area contributed by atoms with E-state index < -0.39 is 0 Å². The normalized spacial score (nSPS) is 10.8. The minimum Gasteiger partial charge on any atom is -0.209 e. The zero-order chi connectivity index (χ0) is 10.1. The van der Waals surface area contributed by atoms with Gasteiger partial charge in [0.15, 0.2) is 0 Å². The molecule has 0 spiro atoms. The molecule has 0 radical (unpaired) electrons. The highest BCUT2D eigenvalue weighted by atomic mass is 32.1. The molecule has 14 heavy (non-hydrogen) atoms. The summed E-state index contributed by atoms with van der Waals surface area (Å²) in [4.78, 5) is 4.38. The van der Waals surface area contributed by atoms with Gasteiger partial charge >= 0.3 is 0 Å². The highest BCUT2D eigenvalue weighted by Gasteiger charge is 2.08. The predicted octanol–water partition coefficient (Wildman–Crippen LogP) is 1.90. The standard InChI is InChI=1S/C9H12N4S/c1-4-8-10-9(14-12-8)13-7(3)5-6(2)11-13/h5H,4H2,1-3H3. The maximum Gasteiger partial charge on any atom is 0.230 e. The van der Waals surface area contributed by atoms with E-state index in [0.29, 0.717) is 0 Å². The molecule has 0 aliphatic rings. The van der Waals surface area contributed by atoms with Gasteiger partial charge in [0.25, 0.3) is 0 Å². The van der Waals surface area contributed by atoms with Crippen LogP contribution in [0.4, 0.5) is 0 Å². The summed E-state index contributed by atoms with van der Waals surface area (Å²) in [5.41, 5.74) is 2.11. The van der Waals surface area contributed by atoms with Crippen LogP contribution < -0.4 is 0 Å². The third-order valence-corrected chi connectivity index (χ3v) is 2.69. The van der Waals surface area contributed by atoms with E-state index in [-0.39, 0.29) is 0 Å². The van der Waals surface area contributed by atoms with Crippen LogP contribution in [-0.4, -0.2) is 19.1 Å². The lowest BCUT2D eigenvalue weighted by Gasteiger charge is -1.95. The van der Waals surface area contributed by atoms with Crippen LogP contribution in [0, 0.1) is 13.8 Å². The van der Waals surface area contributed by atoms with E-state index in [1.165, 1.54) is 11.5 Å². The molecule has 2 aromatic heterocycles. The first kappa shape index (κ1) is 9.33. The van der Waals surface area contributed by atoms with Crippen molar-refractivity contribution < 1.29 is 0 Å². The van der Waals surface area contributed by atoms with Gasteiger partial charge in [0.2, 0.25) is 5.13 Å². The quantitative estimate of drug-likeness (QED) is 0.757. The van der Waals surface area contributed by atoms with E-state index in [0.717, 1.165) is 28.8 Å². The molecule has 0 atom stereocenters. The molecule has 0 unspecified atom stereocenters. The van der Waals surface area contributed by atoms with Crippen LogP contribution in [0.15, 0.2) is 6.07 Å². The number of hydrogen-bond donors (Lipinski definition) is 0. The van der Waals surface area contributed by atoms with Crippen LogP contribution in [0.1, 0.15) is 24.1 Å². The van der Waals surface area contributed by atoms with Gasteiger partial charge in [-0.3, -0.25) is 0 Å². The van der Waals surface area contributed by atoms with Crippen LogP contribution >= 0.6 is 11.5 Å². The van der Waals surface area contributed by atoms with Gasteiger partial charge in [-0.15, -0.1) is 0 Å². The average Bonchev–Trinajstić information content (AvgIpc) is 2.71. The Balaban J connectivity index is 2.43. The summed E-state index contributed by atoms with van der Waals surface area (Å²) in [6, 6.07) is 2.03. The van der Waals surface area contributed by atoms with E-state index >= 15 is 0 Å². The van der Waals surface area contributed by atoms with Crippen LogP contribution in [-0.2, 0) is 6.42 Å². The second kappa shape index (κ2) is 3.49. The Hall–Kier alpha value is -1.23. The smallest absolute Gasteiger partial charge is 0.209 e. The van der Waals surface area contributed by atoms with E-state index in [1.54, 1.807) is 0 Å². The van der Waals surface area contributed by atoms with Crippen LogP contribution in [0.3, 0.4) is 0 Å². The number of hydrogen-bond acceptors (Lipinski definition) is 4. The number of rotatable bonds is 2. The Kier molecular flexibility index (Phi) is 2.33. The topological polar surface area (TPSA) is 43.6 Å². The molecule has 0 fully saturated rings. The molecule has 0 N–H and O–H groups in total. The molecule has 0 saturated heterocycles. The monoisotopic (exact) mass is 208 g/mol. The fraction of sp³-hybridized carbons (Fsp3) is 0.444. The molecule has 2 aromatic rings. The second-order valence-corrected chi connectivity index (χ2v) is 3.92. The summed E-state index contributed by atoms with van der Waals surface area (Å²) in [7, 11) is 0. The van der Waals surface area contributed by atoms with Gasteiger partial charge in [0, 0.05) is 23.6 Å². The maximum atomic E-state index is 4.38. The lowest BCUT2D eigenvalue weighted by Crippen LogP contribution is -1.98. The van der Waals surface area contributed by atoms with Gasteiger partial charge < -0.3 is 0 Å². The molecule has 2 heterocycles. The Morgan fingerprint density at radius 3 is 2.71 bits per heavy atom.